The summed E-state index contributed by atoms with van der Waals surface area (Å²) in [5.41, 5.74) is 1.47. The third-order valence-electron chi connectivity index (χ3n) is 3.78. The normalized spacial score (nSPS) is 12.0. The number of hydrogen-bond acceptors (Lipinski definition) is 5. The lowest BCUT2D eigenvalue weighted by Gasteiger charge is -2.15. The van der Waals surface area contributed by atoms with Crippen LogP contribution in [0, 0.1) is 0 Å². The number of thiazole rings is 1. The van der Waals surface area contributed by atoms with Crippen molar-refractivity contribution in [1.82, 2.24) is 4.57 Å². The summed E-state index contributed by atoms with van der Waals surface area (Å²) in [6.45, 7) is 1.67. The fraction of sp³-hybridized carbons (Fsp3) is 0.222. The summed E-state index contributed by atoms with van der Waals surface area (Å²) in [6, 6.07) is 12.5. The van der Waals surface area contributed by atoms with Gasteiger partial charge in [-0.15, -0.1) is 0 Å². The van der Waals surface area contributed by atoms with Crippen molar-refractivity contribution in [3.8, 4) is 11.5 Å². The fourth-order valence-corrected chi connectivity index (χ4v) is 3.31. The first-order valence-corrected chi connectivity index (χ1v) is 8.51. The number of anilines is 1. The number of nitrogens with zero attached hydrogens (tertiary/aromatic N) is 1. The van der Waals surface area contributed by atoms with Gasteiger partial charge in [0.15, 0.2) is 6.10 Å². The molecular weight excluding hydrogens is 340 g/mol. The van der Waals surface area contributed by atoms with Crippen LogP contribution in [-0.4, -0.2) is 23.7 Å². The van der Waals surface area contributed by atoms with Crippen LogP contribution >= 0.6 is 11.3 Å². The largest absolute Gasteiger partial charge is 0.497 e. The zero-order chi connectivity index (χ0) is 18.0. The minimum absolute atomic E-state index is 0.0341. The molecule has 1 N–H and O–H groups in total. The molecule has 0 saturated carbocycles. The molecule has 3 aromatic rings. The molecule has 1 atom stereocenters. The Bertz CT molecular complexity index is 977. The number of benzene rings is 2. The summed E-state index contributed by atoms with van der Waals surface area (Å²) >= 11 is 1.15. The lowest BCUT2D eigenvalue weighted by molar-refractivity contribution is -0.122. The lowest BCUT2D eigenvalue weighted by Crippen LogP contribution is -2.30. The van der Waals surface area contributed by atoms with Crippen molar-refractivity contribution >= 4 is 33.1 Å². The Morgan fingerprint density at radius 2 is 1.96 bits per heavy atom. The van der Waals surface area contributed by atoms with E-state index in [2.05, 4.69) is 5.32 Å². The van der Waals surface area contributed by atoms with Gasteiger partial charge in [-0.25, -0.2) is 0 Å². The van der Waals surface area contributed by atoms with E-state index >= 15 is 0 Å². The van der Waals surface area contributed by atoms with Crippen LogP contribution in [-0.2, 0) is 11.8 Å². The van der Waals surface area contributed by atoms with E-state index in [1.54, 1.807) is 62.0 Å². The molecule has 1 heterocycles. The number of carbonyl (C=O) groups is 1. The van der Waals surface area contributed by atoms with Crippen molar-refractivity contribution < 1.29 is 14.3 Å². The number of amides is 1. The average Bonchev–Trinajstić information content (AvgIpc) is 2.88. The van der Waals surface area contributed by atoms with Gasteiger partial charge in [-0.3, -0.25) is 9.59 Å². The van der Waals surface area contributed by atoms with Crippen molar-refractivity contribution in [1.29, 1.82) is 0 Å². The van der Waals surface area contributed by atoms with Crippen molar-refractivity contribution in [2.45, 2.75) is 13.0 Å². The van der Waals surface area contributed by atoms with Crippen LogP contribution in [0.25, 0.3) is 10.2 Å². The molecule has 1 amide bonds. The molecule has 7 heteroatoms. The molecule has 0 aliphatic rings. The summed E-state index contributed by atoms with van der Waals surface area (Å²) in [5.74, 6) is 0.943. The predicted octanol–water partition coefficient (Wildman–Crippen LogP) is 3.01. The molecule has 0 bridgehead atoms. The Labute approximate surface area is 148 Å². The first-order valence-electron chi connectivity index (χ1n) is 7.69. The van der Waals surface area contributed by atoms with Gasteiger partial charge in [-0.05, 0) is 37.3 Å². The van der Waals surface area contributed by atoms with Gasteiger partial charge in [0, 0.05) is 18.8 Å². The van der Waals surface area contributed by atoms with Crippen LogP contribution in [0.3, 0.4) is 0 Å². The van der Waals surface area contributed by atoms with E-state index in [1.807, 2.05) is 6.07 Å². The highest BCUT2D eigenvalue weighted by molar-refractivity contribution is 7.16. The molecule has 1 aromatic heterocycles. The second-order valence-corrected chi connectivity index (χ2v) is 6.53. The molecule has 0 aliphatic carbocycles. The summed E-state index contributed by atoms with van der Waals surface area (Å²) in [4.78, 5) is 24.0. The molecule has 25 heavy (non-hydrogen) atoms. The molecular formula is C18H18N2O4S. The SMILES string of the molecule is COc1cccc(O[C@H](C)C(=O)Nc2ccc3c(c2)sc(=O)n3C)c1. The predicted molar refractivity (Wildman–Crippen MR) is 98.8 cm³/mol. The average molecular weight is 358 g/mol. The van der Waals surface area contributed by atoms with Gasteiger partial charge in [0.1, 0.15) is 11.5 Å². The van der Waals surface area contributed by atoms with E-state index in [9.17, 15) is 9.59 Å². The number of rotatable bonds is 5. The van der Waals surface area contributed by atoms with E-state index in [0.29, 0.717) is 17.2 Å². The number of methoxy groups -OCH3 is 1. The minimum Gasteiger partial charge on any atom is -0.497 e. The standard InChI is InChI=1S/C18H18N2O4S/c1-11(24-14-6-4-5-13(10-14)23-3)17(21)19-12-7-8-15-16(9-12)25-18(22)20(15)2/h4-11H,1-3H3,(H,19,21)/t11-/m1/s1. The van der Waals surface area contributed by atoms with Crippen LogP contribution in [0.4, 0.5) is 5.69 Å². The number of hydrogen-bond donors (Lipinski definition) is 1. The van der Waals surface area contributed by atoms with Crippen molar-refractivity contribution in [3.05, 3.63) is 52.1 Å². The van der Waals surface area contributed by atoms with Gasteiger partial charge in [-0.1, -0.05) is 17.4 Å². The first-order chi connectivity index (χ1) is 12.0. The maximum Gasteiger partial charge on any atom is 0.307 e. The van der Waals surface area contributed by atoms with Crippen LogP contribution in [0.15, 0.2) is 47.3 Å². The minimum atomic E-state index is -0.683. The molecule has 3 rings (SSSR count). The molecule has 0 radical (unpaired) electrons. The Morgan fingerprint density at radius 3 is 2.72 bits per heavy atom. The summed E-state index contributed by atoms with van der Waals surface area (Å²) in [5, 5.41) is 2.81. The zero-order valence-electron chi connectivity index (χ0n) is 14.1. The Hall–Kier alpha value is -2.80. The highest BCUT2D eigenvalue weighted by Crippen LogP contribution is 2.22. The van der Waals surface area contributed by atoms with Crippen molar-refractivity contribution in [2.75, 3.05) is 12.4 Å². The third-order valence-corrected chi connectivity index (χ3v) is 4.78. The third kappa shape index (κ3) is 3.66. The van der Waals surface area contributed by atoms with Gasteiger partial charge >= 0.3 is 4.87 Å². The second kappa shape index (κ2) is 6.98. The Kier molecular flexibility index (Phi) is 4.76. The Morgan fingerprint density at radius 1 is 1.20 bits per heavy atom. The van der Waals surface area contributed by atoms with E-state index in [1.165, 1.54) is 0 Å². The first kappa shape index (κ1) is 17.0. The number of aromatic nitrogens is 1. The van der Waals surface area contributed by atoms with Gasteiger partial charge < -0.3 is 19.4 Å². The smallest absolute Gasteiger partial charge is 0.307 e. The van der Waals surface area contributed by atoms with Crippen molar-refractivity contribution in [3.63, 3.8) is 0 Å². The monoisotopic (exact) mass is 358 g/mol. The zero-order valence-corrected chi connectivity index (χ0v) is 14.9. The highest BCUT2D eigenvalue weighted by atomic mass is 32.1. The molecule has 0 saturated heterocycles. The van der Waals surface area contributed by atoms with Crippen LogP contribution in [0.2, 0.25) is 0 Å². The second-order valence-electron chi connectivity index (χ2n) is 5.54. The van der Waals surface area contributed by atoms with Gasteiger partial charge in [0.25, 0.3) is 5.91 Å². The number of ether oxygens (including phenoxy) is 2. The number of nitrogens with one attached hydrogen (secondary N) is 1. The molecule has 130 valence electrons. The summed E-state index contributed by atoms with van der Waals surface area (Å²) in [6.07, 6.45) is -0.683. The Balaban J connectivity index is 1.71. The van der Waals surface area contributed by atoms with E-state index in [4.69, 9.17) is 9.47 Å². The highest BCUT2D eigenvalue weighted by Gasteiger charge is 2.16. The topological polar surface area (TPSA) is 69.6 Å². The van der Waals surface area contributed by atoms with Crippen molar-refractivity contribution in [2.24, 2.45) is 7.05 Å². The quantitative estimate of drug-likeness (QED) is 0.761. The molecule has 0 unspecified atom stereocenters. The fourth-order valence-electron chi connectivity index (χ4n) is 2.39. The summed E-state index contributed by atoms with van der Waals surface area (Å²) < 4.78 is 13.2. The molecule has 0 fully saturated rings. The van der Waals surface area contributed by atoms with Gasteiger partial charge in [0.05, 0.1) is 17.3 Å². The molecule has 6 nitrogen and oxygen atoms in total. The van der Waals surface area contributed by atoms with Crippen LogP contribution < -0.4 is 19.7 Å². The molecule has 0 spiro atoms. The maximum atomic E-state index is 12.3. The van der Waals surface area contributed by atoms with Gasteiger partial charge in [0.2, 0.25) is 0 Å². The van der Waals surface area contributed by atoms with E-state index in [0.717, 1.165) is 21.6 Å². The van der Waals surface area contributed by atoms with Gasteiger partial charge in [-0.2, -0.15) is 0 Å². The number of aryl methyl sites for hydroxylation is 1. The maximum absolute atomic E-state index is 12.3. The van der Waals surface area contributed by atoms with E-state index in [-0.39, 0.29) is 10.8 Å². The number of fused-ring (bicyclic) bond motifs is 1. The molecule has 2 aromatic carbocycles. The van der Waals surface area contributed by atoms with E-state index < -0.39 is 6.10 Å². The lowest BCUT2D eigenvalue weighted by atomic mass is 10.2. The molecule has 0 aliphatic heterocycles. The van der Waals surface area contributed by atoms with Crippen LogP contribution in [0.5, 0.6) is 11.5 Å². The van der Waals surface area contributed by atoms with Crippen LogP contribution in [0.1, 0.15) is 6.92 Å². The number of carbonyl (C=O) groups excluding carboxylic acids is 1. The summed E-state index contributed by atoms with van der Waals surface area (Å²) in [7, 11) is 3.30.